The molecule has 6 heterocycles. The smallest absolute Gasteiger partial charge is 0.433 e. The lowest BCUT2D eigenvalue weighted by Crippen LogP contribution is -2.57. The van der Waals surface area contributed by atoms with Crippen LogP contribution in [0, 0.1) is 5.41 Å². The first-order valence-corrected chi connectivity index (χ1v) is 15.1. The number of halogens is 3. The number of H-pyrrole nitrogens is 1. The summed E-state index contributed by atoms with van der Waals surface area (Å²) in [6.45, 7) is 4.12. The molecule has 1 aliphatic carbocycles. The van der Waals surface area contributed by atoms with Gasteiger partial charge in [0.1, 0.15) is 23.8 Å². The third kappa shape index (κ3) is 5.91. The van der Waals surface area contributed by atoms with Crippen molar-refractivity contribution < 1.29 is 23.0 Å². The second-order valence-corrected chi connectivity index (χ2v) is 12.6. The molecular formula is C30H36F3N9O2. The number of hydrogen-bond donors (Lipinski definition) is 3. The monoisotopic (exact) mass is 611 g/mol. The fraction of sp³-hybridized carbons (Fsp3) is 0.533. The lowest BCUT2D eigenvalue weighted by molar-refractivity contribution is -0.141. The zero-order valence-electron chi connectivity index (χ0n) is 24.2. The minimum atomic E-state index is -4.56. The highest BCUT2D eigenvalue weighted by Gasteiger charge is 2.46. The Kier molecular flexibility index (Phi) is 7.55. The third-order valence-corrected chi connectivity index (χ3v) is 9.30. The highest BCUT2D eigenvalue weighted by Crippen LogP contribution is 2.45. The summed E-state index contributed by atoms with van der Waals surface area (Å²) in [4.78, 5) is 20.0. The minimum absolute atomic E-state index is 0.0120. The summed E-state index contributed by atoms with van der Waals surface area (Å²) in [5.41, 5.74) is 8.35. The Morgan fingerprint density at radius 1 is 1.14 bits per heavy atom. The van der Waals surface area contributed by atoms with Crippen molar-refractivity contribution in [3.8, 4) is 17.1 Å². The maximum absolute atomic E-state index is 13.6. The summed E-state index contributed by atoms with van der Waals surface area (Å²) >= 11 is 0. The van der Waals surface area contributed by atoms with Gasteiger partial charge in [0, 0.05) is 80.1 Å². The van der Waals surface area contributed by atoms with E-state index in [0.717, 1.165) is 60.8 Å². The average molecular weight is 612 g/mol. The van der Waals surface area contributed by atoms with Crippen LogP contribution in [0.25, 0.3) is 22.3 Å². The number of nitrogens with one attached hydrogen (secondary N) is 1. The topological polar surface area (TPSA) is 134 Å². The highest BCUT2D eigenvalue weighted by atomic mass is 19.4. The Labute approximate surface area is 252 Å². The SMILES string of the molecule is NCC1(Cn2cc(-c3ncnc4[nH]ccc34)cn2)CC(N2CCC(Oc3cc(CN4CC(O)C4)cc(C(F)(F)F)n3)CC2)C1. The van der Waals surface area contributed by atoms with Crippen LogP contribution in [0.3, 0.4) is 0 Å². The van der Waals surface area contributed by atoms with Gasteiger partial charge in [-0.1, -0.05) is 0 Å². The second kappa shape index (κ2) is 11.4. The molecule has 4 N–H and O–H groups in total. The first-order valence-electron chi connectivity index (χ1n) is 15.1. The quantitative estimate of drug-likeness (QED) is 0.261. The molecule has 3 aliphatic rings. The van der Waals surface area contributed by atoms with Crippen LogP contribution < -0.4 is 10.5 Å². The Bertz CT molecular complexity index is 1600. The summed E-state index contributed by atoms with van der Waals surface area (Å²) in [7, 11) is 0. The molecule has 0 bridgehead atoms. The van der Waals surface area contributed by atoms with Gasteiger partial charge in [0.15, 0.2) is 0 Å². The van der Waals surface area contributed by atoms with Gasteiger partial charge in [-0.2, -0.15) is 18.3 Å². The molecule has 4 aromatic rings. The van der Waals surface area contributed by atoms with Crippen molar-refractivity contribution in [2.45, 2.75) is 63.2 Å². The van der Waals surface area contributed by atoms with Crippen LogP contribution in [0.4, 0.5) is 13.2 Å². The molecule has 2 aliphatic heterocycles. The number of aromatic amines is 1. The Morgan fingerprint density at radius 3 is 2.66 bits per heavy atom. The molecule has 0 atom stereocenters. The zero-order chi connectivity index (χ0) is 30.5. The third-order valence-electron chi connectivity index (χ3n) is 9.30. The first kappa shape index (κ1) is 29.1. The summed E-state index contributed by atoms with van der Waals surface area (Å²) in [5, 5.41) is 15.1. The summed E-state index contributed by atoms with van der Waals surface area (Å²) in [6.07, 6.45) is 5.42. The van der Waals surface area contributed by atoms with Crippen LogP contribution in [0.15, 0.2) is 43.1 Å². The number of aliphatic hydroxyl groups excluding tert-OH is 1. The number of piperidine rings is 1. The number of pyridine rings is 1. The molecule has 1 saturated carbocycles. The van der Waals surface area contributed by atoms with E-state index in [0.29, 0.717) is 50.6 Å². The largest absolute Gasteiger partial charge is 0.474 e. The summed E-state index contributed by atoms with van der Waals surface area (Å²) < 4.78 is 48.7. The normalized spacial score (nSPS) is 24.0. The molecule has 4 aromatic heterocycles. The van der Waals surface area contributed by atoms with E-state index >= 15 is 0 Å². The van der Waals surface area contributed by atoms with Gasteiger partial charge >= 0.3 is 6.18 Å². The fourth-order valence-corrected chi connectivity index (χ4v) is 6.89. The number of nitrogens with zero attached hydrogens (tertiary/aromatic N) is 7. The molecule has 0 aromatic carbocycles. The van der Waals surface area contributed by atoms with E-state index < -0.39 is 18.0 Å². The molecule has 0 radical (unpaired) electrons. The van der Waals surface area contributed by atoms with Gasteiger partial charge in [0.05, 0.1) is 18.0 Å². The molecule has 14 heteroatoms. The Balaban J connectivity index is 0.935. The van der Waals surface area contributed by atoms with Crippen molar-refractivity contribution >= 4 is 11.0 Å². The predicted octanol–water partition coefficient (Wildman–Crippen LogP) is 3.06. The standard InChI is InChI=1S/C30H36F3N9O2/c31-30(32,33)25-7-19(12-40-14-22(43)15-40)8-26(39-25)44-23-2-5-41(6-3-23)21-9-29(10-21,16-34)17-42-13-20(11-38-42)27-24-1-4-35-28(24)37-18-36-27/h1,4,7-8,11,13,18,21-23,43H,2-3,5-6,9-10,12,14-17,34H2,(H,35,36,37). The average Bonchev–Trinajstić information content (AvgIpc) is 3.64. The van der Waals surface area contributed by atoms with Gasteiger partial charge in [-0.05, 0) is 49.9 Å². The van der Waals surface area contributed by atoms with Crippen LogP contribution in [0.5, 0.6) is 5.88 Å². The molecule has 44 heavy (non-hydrogen) atoms. The lowest BCUT2D eigenvalue weighted by atomic mass is 9.64. The van der Waals surface area contributed by atoms with Gasteiger partial charge < -0.3 is 25.5 Å². The van der Waals surface area contributed by atoms with Gasteiger partial charge in [-0.3, -0.25) is 9.58 Å². The van der Waals surface area contributed by atoms with E-state index in [2.05, 4.69) is 29.9 Å². The van der Waals surface area contributed by atoms with E-state index in [-0.39, 0.29) is 17.4 Å². The number of ether oxygens (including phenoxy) is 1. The molecule has 11 nitrogen and oxygen atoms in total. The fourth-order valence-electron chi connectivity index (χ4n) is 6.89. The minimum Gasteiger partial charge on any atom is -0.474 e. The van der Waals surface area contributed by atoms with E-state index in [4.69, 9.17) is 10.5 Å². The number of rotatable bonds is 9. The van der Waals surface area contributed by atoms with Crippen molar-refractivity contribution in [1.82, 2.24) is 39.5 Å². The summed E-state index contributed by atoms with van der Waals surface area (Å²) in [6, 6.07) is 5.03. The number of hydrogen-bond acceptors (Lipinski definition) is 9. The lowest BCUT2D eigenvalue weighted by Gasteiger charge is -2.52. The maximum atomic E-state index is 13.6. The number of β-amino-alcohol motifs (C(OH)–C–C–N with tert-alkyl or cyclic N) is 1. The number of aliphatic hydroxyl groups is 1. The Hall–Kier alpha value is -3.59. The number of nitrogens with two attached hydrogens (primary N) is 1. The Morgan fingerprint density at radius 2 is 1.93 bits per heavy atom. The van der Waals surface area contributed by atoms with Crippen molar-refractivity contribution in [2.75, 3.05) is 32.7 Å². The molecule has 0 unspecified atom stereocenters. The molecule has 0 amide bonds. The highest BCUT2D eigenvalue weighted by molar-refractivity contribution is 5.89. The van der Waals surface area contributed by atoms with Crippen LogP contribution in [-0.4, -0.2) is 95.6 Å². The number of likely N-dealkylation sites (tertiary alicyclic amines) is 2. The summed E-state index contributed by atoms with van der Waals surface area (Å²) in [5.74, 6) is 0.0120. The van der Waals surface area contributed by atoms with Crippen LogP contribution in [0.1, 0.15) is 36.9 Å². The second-order valence-electron chi connectivity index (χ2n) is 12.6. The number of alkyl halides is 3. The van der Waals surface area contributed by atoms with Gasteiger partial charge in [0.25, 0.3) is 0 Å². The van der Waals surface area contributed by atoms with Crippen LogP contribution >= 0.6 is 0 Å². The van der Waals surface area contributed by atoms with Gasteiger partial charge in [-0.15, -0.1) is 0 Å². The maximum Gasteiger partial charge on any atom is 0.433 e. The molecule has 0 spiro atoms. The van der Waals surface area contributed by atoms with Crippen LogP contribution in [-0.2, 0) is 19.3 Å². The van der Waals surface area contributed by atoms with Crippen LogP contribution in [0.2, 0.25) is 0 Å². The van der Waals surface area contributed by atoms with E-state index in [1.807, 2.05) is 34.2 Å². The van der Waals surface area contributed by atoms with E-state index in [1.165, 1.54) is 0 Å². The van der Waals surface area contributed by atoms with Crippen molar-refractivity contribution in [2.24, 2.45) is 11.1 Å². The molecule has 2 saturated heterocycles. The molecule has 7 rings (SSSR count). The molecule has 234 valence electrons. The van der Waals surface area contributed by atoms with Gasteiger partial charge in [0.2, 0.25) is 5.88 Å². The first-order chi connectivity index (χ1) is 21.2. The molecular weight excluding hydrogens is 575 g/mol. The van der Waals surface area contributed by atoms with Crippen molar-refractivity contribution in [3.05, 3.63) is 54.4 Å². The molecule has 3 fully saturated rings. The van der Waals surface area contributed by atoms with E-state index in [1.54, 1.807) is 12.4 Å². The van der Waals surface area contributed by atoms with Crippen molar-refractivity contribution in [1.29, 1.82) is 0 Å². The zero-order valence-corrected chi connectivity index (χ0v) is 24.2. The van der Waals surface area contributed by atoms with Gasteiger partial charge in [-0.25, -0.2) is 15.0 Å². The van der Waals surface area contributed by atoms with E-state index in [9.17, 15) is 18.3 Å². The number of fused-ring (bicyclic) bond motifs is 1. The predicted molar refractivity (Wildman–Crippen MR) is 155 cm³/mol. The van der Waals surface area contributed by atoms with Crippen molar-refractivity contribution in [3.63, 3.8) is 0 Å². The number of aromatic nitrogens is 6.